The Balaban J connectivity index is 1.57. The number of nitrogens with zero attached hydrogens (tertiary/aromatic N) is 2. The molecular weight excluding hydrogens is 446 g/mol. The molecule has 172 valence electrons. The SMILES string of the molecule is CC12CCC(C(=O)Nc3ccc([N+](=O)[O-])cc3)(CC1=NOC(=O)c1ccccc1Cl)C2(C)C. The highest BCUT2D eigenvalue weighted by molar-refractivity contribution is 6.33. The number of nitrogens with one attached hydrogen (secondary N) is 1. The third-order valence-electron chi connectivity index (χ3n) is 7.84. The second-order valence-electron chi connectivity index (χ2n) is 9.37. The molecule has 9 heteroatoms. The van der Waals surface area contributed by atoms with Crippen LogP contribution in [0.5, 0.6) is 0 Å². The van der Waals surface area contributed by atoms with Crippen molar-refractivity contribution in [2.24, 2.45) is 21.4 Å². The van der Waals surface area contributed by atoms with E-state index in [1.165, 1.54) is 24.3 Å². The minimum atomic E-state index is -0.751. The average Bonchev–Trinajstić information content (AvgIpc) is 3.09. The quantitative estimate of drug-likeness (QED) is 0.347. The van der Waals surface area contributed by atoms with E-state index in [1.807, 2.05) is 20.8 Å². The number of nitro groups is 1. The summed E-state index contributed by atoms with van der Waals surface area (Å²) in [6.07, 6.45) is 1.73. The minimum Gasteiger partial charge on any atom is -0.326 e. The summed E-state index contributed by atoms with van der Waals surface area (Å²) in [5, 5.41) is 18.3. The molecule has 0 aromatic heterocycles. The van der Waals surface area contributed by atoms with Gasteiger partial charge >= 0.3 is 5.97 Å². The molecule has 4 rings (SSSR count). The van der Waals surface area contributed by atoms with Gasteiger partial charge in [0.15, 0.2) is 0 Å². The second-order valence-corrected chi connectivity index (χ2v) is 9.78. The summed E-state index contributed by atoms with van der Waals surface area (Å²) in [6, 6.07) is 12.3. The van der Waals surface area contributed by atoms with Crippen molar-refractivity contribution in [1.82, 2.24) is 0 Å². The smallest absolute Gasteiger partial charge is 0.326 e. The zero-order valence-electron chi connectivity index (χ0n) is 18.6. The van der Waals surface area contributed by atoms with Gasteiger partial charge in [-0.1, -0.05) is 49.7 Å². The van der Waals surface area contributed by atoms with Crippen molar-refractivity contribution in [1.29, 1.82) is 0 Å². The Kier molecular flexibility index (Phi) is 5.52. The van der Waals surface area contributed by atoms with Gasteiger partial charge < -0.3 is 10.2 Å². The maximum atomic E-state index is 13.5. The second kappa shape index (κ2) is 7.95. The zero-order valence-corrected chi connectivity index (χ0v) is 19.3. The van der Waals surface area contributed by atoms with Crippen molar-refractivity contribution >= 4 is 40.6 Å². The van der Waals surface area contributed by atoms with Gasteiger partial charge in [-0.25, -0.2) is 4.79 Å². The van der Waals surface area contributed by atoms with Gasteiger partial charge in [-0.15, -0.1) is 0 Å². The molecular formula is C24H24ClN3O5. The highest BCUT2D eigenvalue weighted by Gasteiger charge is 2.71. The number of carbonyl (C=O) groups excluding carboxylic acids is 2. The first-order valence-corrected chi connectivity index (χ1v) is 11.0. The Morgan fingerprint density at radius 1 is 1.09 bits per heavy atom. The van der Waals surface area contributed by atoms with Gasteiger partial charge in [0.05, 0.1) is 26.6 Å². The Morgan fingerprint density at radius 3 is 2.39 bits per heavy atom. The maximum Gasteiger partial charge on any atom is 0.367 e. The van der Waals surface area contributed by atoms with E-state index >= 15 is 0 Å². The van der Waals surface area contributed by atoms with Crippen LogP contribution in [-0.2, 0) is 9.63 Å². The summed E-state index contributed by atoms with van der Waals surface area (Å²) < 4.78 is 0. The Labute approximate surface area is 196 Å². The average molecular weight is 470 g/mol. The molecule has 1 N–H and O–H groups in total. The molecule has 2 aliphatic carbocycles. The van der Waals surface area contributed by atoms with Crippen LogP contribution in [0.1, 0.15) is 50.4 Å². The van der Waals surface area contributed by atoms with Crippen LogP contribution in [0.3, 0.4) is 0 Å². The normalized spacial score (nSPS) is 26.2. The summed E-state index contributed by atoms with van der Waals surface area (Å²) in [6.45, 7) is 6.12. The highest BCUT2D eigenvalue weighted by atomic mass is 35.5. The summed E-state index contributed by atoms with van der Waals surface area (Å²) in [5.41, 5.74) is -0.310. The van der Waals surface area contributed by atoms with Gasteiger partial charge in [0, 0.05) is 29.7 Å². The molecule has 0 aliphatic heterocycles. The molecule has 0 spiro atoms. The van der Waals surface area contributed by atoms with E-state index in [4.69, 9.17) is 16.4 Å². The number of nitro benzene ring substituents is 1. The van der Waals surface area contributed by atoms with Crippen LogP contribution in [0, 0.1) is 26.4 Å². The lowest BCUT2D eigenvalue weighted by Crippen LogP contribution is -2.43. The van der Waals surface area contributed by atoms with E-state index < -0.39 is 27.1 Å². The van der Waals surface area contributed by atoms with E-state index in [9.17, 15) is 19.7 Å². The number of hydrogen-bond donors (Lipinski definition) is 1. The number of carbonyl (C=O) groups is 2. The number of amides is 1. The van der Waals surface area contributed by atoms with Crippen molar-refractivity contribution < 1.29 is 19.3 Å². The van der Waals surface area contributed by atoms with Crippen LogP contribution in [0.2, 0.25) is 5.02 Å². The molecule has 2 aromatic rings. The van der Waals surface area contributed by atoms with Gasteiger partial charge in [0.25, 0.3) is 5.69 Å². The first kappa shape index (κ1) is 22.9. The van der Waals surface area contributed by atoms with E-state index in [-0.39, 0.29) is 22.2 Å². The largest absolute Gasteiger partial charge is 0.367 e. The molecule has 2 aromatic carbocycles. The predicted molar refractivity (Wildman–Crippen MR) is 124 cm³/mol. The molecule has 2 saturated carbocycles. The molecule has 0 saturated heterocycles. The van der Waals surface area contributed by atoms with Crippen LogP contribution >= 0.6 is 11.6 Å². The Bertz CT molecular complexity index is 1180. The van der Waals surface area contributed by atoms with Crippen molar-refractivity contribution in [3.05, 3.63) is 69.2 Å². The maximum absolute atomic E-state index is 13.5. The first-order chi connectivity index (χ1) is 15.5. The summed E-state index contributed by atoms with van der Waals surface area (Å²) >= 11 is 6.08. The third-order valence-corrected chi connectivity index (χ3v) is 8.17. The molecule has 2 fully saturated rings. The van der Waals surface area contributed by atoms with E-state index in [2.05, 4.69) is 10.5 Å². The number of halogens is 1. The lowest BCUT2D eigenvalue weighted by atomic mass is 9.64. The van der Waals surface area contributed by atoms with E-state index in [0.29, 0.717) is 24.2 Å². The number of hydrogen-bond acceptors (Lipinski definition) is 6. The van der Waals surface area contributed by atoms with Crippen LogP contribution < -0.4 is 5.32 Å². The van der Waals surface area contributed by atoms with Crippen molar-refractivity contribution in [2.75, 3.05) is 5.32 Å². The summed E-state index contributed by atoms with van der Waals surface area (Å²) in [5.74, 6) is -0.825. The van der Waals surface area contributed by atoms with Crippen LogP contribution in [0.4, 0.5) is 11.4 Å². The molecule has 2 aliphatic rings. The fourth-order valence-electron chi connectivity index (χ4n) is 5.21. The summed E-state index contributed by atoms with van der Waals surface area (Å²) in [4.78, 5) is 41.6. The van der Waals surface area contributed by atoms with Crippen LogP contribution in [0.25, 0.3) is 0 Å². The number of non-ortho nitro benzene ring substituents is 1. The monoisotopic (exact) mass is 469 g/mol. The van der Waals surface area contributed by atoms with Gasteiger partial charge in [-0.05, 0) is 42.5 Å². The van der Waals surface area contributed by atoms with Crippen LogP contribution in [-0.4, -0.2) is 22.5 Å². The number of oxime groups is 1. The standard InChI is InChI=1S/C24H24ClN3O5/c1-22(2)23(3)12-13-24(22,21(30)26-15-8-10-16(11-9-15)28(31)32)14-19(23)27-33-20(29)17-6-4-5-7-18(17)25/h4-11H,12-14H2,1-3H3,(H,26,30). The minimum absolute atomic E-state index is 0.0458. The van der Waals surface area contributed by atoms with Crippen molar-refractivity contribution in [3.8, 4) is 0 Å². The molecule has 2 atom stereocenters. The number of fused-ring (bicyclic) bond motifs is 2. The van der Waals surface area contributed by atoms with E-state index in [1.54, 1.807) is 24.3 Å². The Morgan fingerprint density at radius 2 is 1.76 bits per heavy atom. The molecule has 8 nitrogen and oxygen atoms in total. The number of anilines is 1. The fraction of sp³-hybridized carbons (Fsp3) is 0.375. The van der Waals surface area contributed by atoms with Gasteiger partial charge in [0.1, 0.15) is 0 Å². The topological polar surface area (TPSA) is 111 Å². The third kappa shape index (κ3) is 3.49. The summed E-state index contributed by atoms with van der Waals surface area (Å²) in [7, 11) is 0. The fourth-order valence-corrected chi connectivity index (χ4v) is 5.43. The Hall–Kier alpha value is -3.26. The van der Waals surface area contributed by atoms with Gasteiger partial charge in [-0.3, -0.25) is 14.9 Å². The molecule has 0 radical (unpaired) electrons. The molecule has 2 unspecified atom stereocenters. The molecule has 0 heterocycles. The zero-order chi connectivity index (χ0) is 24.0. The first-order valence-electron chi connectivity index (χ1n) is 10.6. The van der Waals surface area contributed by atoms with E-state index in [0.717, 1.165) is 6.42 Å². The number of rotatable bonds is 5. The molecule has 1 amide bonds. The van der Waals surface area contributed by atoms with Crippen LogP contribution in [0.15, 0.2) is 53.7 Å². The number of benzene rings is 2. The van der Waals surface area contributed by atoms with Crippen molar-refractivity contribution in [3.63, 3.8) is 0 Å². The highest BCUT2D eigenvalue weighted by Crippen LogP contribution is 2.71. The lowest BCUT2D eigenvalue weighted by molar-refractivity contribution is -0.384. The molecule has 33 heavy (non-hydrogen) atoms. The van der Waals surface area contributed by atoms with Gasteiger partial charge in [0.2, 0.25) is 5.91 Å². The predicted octanol–water partition coefficient (Wildman–Crippen LogP) is 5.62. The lowest BCUT2D eigenvalue weighted by Gasteiger charge is -2.39. The van der Waals surface area contributed by atoms with Gasteiger partial charge in [-0.2, -0.15) is 0 Å². The van der Waals surface area contributed by atoms with Crippen molar-refractivity contribution in [2.45, 2.75) is 40.0 Å². The molecule has 2 bridgehead atoms.